The SMILES string of the molecule is COC(=O)c1cccc(NCc2ccc(CO)o2)c1. The molecule has 100 valence electrons. The first-order chi connectivity index (χ1) is 9.22. The van der Waals surface area contributed by atoms with Crippen molar-refractivity contribution in [2.45, 2.75) is 13.2 Å². The zero-order valence-electron chi connectivity index (χ0n) is 10.6. The Kier molecular flexibility index (Phi) is 4.20. The van der Waals surface area contributed by atoms with Crippen molar-refractivity contribution >= 4 is 11.7 Å². The minimum Gasteiger partial charge on any atom is -0.465 e. The second kappa shape index (κ2) is 6.06. The Morgan fingerprint density at radius 2 is 2.11 bits per heavy atom. The van der Waals surface area contributed by atoms with Crippen molar-refractivity contribution in [2.75, 3.05) is 12.4 Å². The highest BCUT2D eigenvalue weighted by Gasteiger charge is 2.06. The van der Waals surface area contributed by atoms with E-state index in [0.29, 0.717) is 23.6 Å². The highest BCUT2D eigenvalue weighted by Crippen LogP contribution is 2.14. The van der Waals surface area contributed by atoms with Crippen LogP contribution in [0.2, 0.25) is 0 Å². The molecule has 0 saturated heterocycles. The van der Waals surface area contributed by atoms with Crippen LogP contribution in [-0.4, -0.2) is 18.2 Å². The summed E-state index contributed by atoms with van der Waals surface area (Å²) in [5.74, 6) is 0.872. The monoisotopic (exact) mass is 261 g/mol. The van der Waals surface area contributed by atoms with Gasteiger partial charge in [0, 0.05) is 5.69 Å². The van der Waals surface area contributed by atoms with E-state index in [2.05, 4.69) is 10.1 Å². The summed E-state index contributed by atoms with van der Waals surface area (Å²) in [7, 11) is 1.35. The Hall–Kier alpha value is -2.27. The van der Waals surface area contributed by atoms with Crippen LogP contribution >= 0.6 is 0 Å². The first kappa shape index (κ1) is 13.2. The predicted molar refractivity (Wildman–Crippen MR) is 69.7 cm³/mol. The van der Waals surface area contributed by atoms with Crippen LogP contribution in [0.5, 0.6) is 0 Å². The molecule has 2 aromatic rings. The molecule has 0 aliphatic carbocycles. The highest BCUT2D eigenvalue weighted by molar-refractivity contribution is 5.90. The van der Waals surface area contributed by atoms with Gasteiger partial charge in [-0.2, -0.15) is 0 Å². The zero-order chi connectivity index (χ0) is 13.7. The molecule has 2 N–H and O–H groups in total. The molecule has 0 aliphatic heterocycles. The molecule has 1 heterocycles. The van der Waals surface area contributed by atoms with Crippen LogP contribution in [0.4, 0.5) is 5.69 Å². The number of esters is 1. The topological polar surface area (TPSA) is 71.7 Å². The van der Waals surface area contributed by atoms with Crippen LogP contribution < -0.4 is 5.32 Å². The summed E-state index contributed by atoms with van der Waals surface area (Å²) in [6.07, 6.45) is 0. The van der Waals surface area contributed by atoms with Crippen LogP contribution in [0, 0.1) is 0 Å². The number of carbonyl (C=O) groups excluding carboxylic acids is 1. The van der Waals surface area contributed by atoms with E-state index in [4.69, 9.17) is 9.52 Å². The van der Waals surface area contributed by atoms with E-state index in [1.807, 2.05) is 6.07 Å². The second-order valence-electron chi connectivity index (χ2n) is 3.95. The van der Waals surface area contributed by atoms with Crippen LogP contribution in [-0.2, 0) is 17.9 Å². The van der Waals surface area contributed by atoms with Crippen molar-refractivity contribution in [1.82, 2.24) is 0 Å². The zero-order valence-corrected chi connectivity index (χ0v) is 10.6. The lowest BCUT2D eigenvalue weighted by Gasteiger charge is -2.06. The molecule has 0 saturated carbocycles. The molecule has 19 heavy (non-hydrogen) atoms. The van der Waals surface area contributed by atoms with Crippen molar-refractivity contribution in [1.29, 1.82) is 0 Å². The lowest BCUT2D eigenvalue weighted by molar-refractivity contribution is 0.0601. The summed E-state index contributed by atoms with van der Waals surface area (Å²) >= 11 is 0. The van der Waals surface area contributed by atoms with E-state index in [1.54, 1.807) is 30.3 Å². The van der Waals surface area contributed by atoms with Crippen LogP contribution in [0.15, 0.2) is 40.8 Å². The number of aliphatic hydroxyl groups is 1. The van der Waals surface area contributed by atoms with E-state index in [-0.39, 0.29) is 12.6 Å². The summed E-state index contributed by atoms with van der Waals surface area (Å²) in [5.41, 5.74) is 1.29. The number of hydrogen-bond acceptors (Lipinski definition) is 5. The van der Waals surface area contributed by atoms with E-state index < -0.39 is 0 Å². The molecular formula is C14H15NO4. The van der Waals surface area contributed by atoms with Crippen molar-refractivity contribution < 1.29 is 19.1 Å². The Morgan fingerprint density at radius 3 is 2.79 bits per heavy atom. The summed E-state index contributed by atoms with van der Waals surface area (Å²) in [4.78, 5) is 11.4. The fraction of sp³-hybridized carbons (Fsp3) is 0.214. The van der Waals surface area contributed by atoms with Gasteiger partial charge in [0.15, 0.2) is 0 Å². The maximum Gasteiger partial charge on any atom is 0.337 e. The molecule has 1 aromatic carbocycles. The third-order valence-corrected chi connectivity index (χ3v) is 2.62. The van der Waals surface area contributed by atoms with Gasteiger partial charge >= 0.3 is 5.97 Å². The molecular weight excluding hydrogens is 246 g/mol. The molecule has 0 unspecified atom stereocenters. The maximum atomic E-state index is 11.4. The fourth-order valence-electron chi connectivity index (χ4n) is 1.67. The second-order valence-corrected chi connectivity index (χ2v) is 3.95. The number of benzene rings is 1. The Balaban J connectivity index is 2.01. The molecule has 5 nitrogen and oxygen atoms in total. The van der Waals surface area contributed by atoms with Gasteiger partial charge in [-0.25, -0.2) is 4.79 Å². The van der Waals surface area contributed by atoms with E-state index >= 15 is 0 Å². The average molecular weight is 261 g/mol. The smallest absolute Gasteiger partial charge is 0.337 e. The predicted octanol–water partition coefficient (Wildman–Crippen LogP) is 2.17. The summed E-state index contributed by atoms with van der Waals surface area (Å²) in [5, 5.41) is 12.0. The maximum absolute atomic E-state index is 11.4. The number of anilines is 1. The number of methoxy groups -OCH3 is 1. The Labute approximate surface area is 110 Å². The van der Waals surface area contributed by atoms with Gasteiger partial charge in [-0.1, -0.05) is 6.07 Å². The molecule has 5 heteroatoms. The largest absolute Gasteiger partial charge is 0.465 e. The van der Waals surface area contributed by atoms with Gasteiger partial charge in [-0.05, 0) is 30.3 Å². The van der Waals surface area contributed by atoms with Gasteiger partial charge < -0.3 is 19.6 Å². The standard InChI is InChI=1S/C14H15NO4/c1-18-14(17)10-3-2-4-11(7-10)15-8-12-5-6-13(9-16)19-12/h2-7,15-16H,8-9H2,1H3. The third kappa shape index (κ3) is 3.35. The molecule has 0 spiro atoms. The quantitative estimate of drug-likeness (QED) is 0.807. The summed E-state index contributed by atoms with van der Waals surface area (Å²) in [6, 6.07) is 10.5. The fourth-order valence-corrected chi connectivity index (χ4v) is 1.67. The Bertz CT molecular complexity index is 562. The number of nitrogens with one attached hydrogen (secondary N) is 1. The van der Waals surface area contributed by atoms with Gasteiger partial charge in [0.05, 0.1) is 19.2 Å². The highest BCUT2D eigenvalue weighted by atomic mass is 16.5. The molecule has 0 bridgehead atoms. The number of ether oxygens (including phenoxy) is 1. The Morgan fingerprint density at radius 1 is 1.32 bits per heavy atom. The number of furan rings is 1. The van der Waals surface area contributed by atoms with Crippen molar-refractivity contribution in [2.24, 2.45) is 0 Å². The minimum atomic E-state index is -0.371. The van der Waals surface area contributed by atoms with Gasteiger partial charge in [0.1, 0.15) is 18.1 Å². The molecule has 0 atom stereocenters. The van der Waals surface area contributed by atoms with Gasteiger partial charge in [-0.15, -0.1) is 0 Å². The normalized spacial score (nSPS) is 10.2. The van der Waals surface area contributed by atoms with Gasteiger partial charge in [0.2, 0.25) is 0 Å². The average Bonchev–Trinajstić information content (AvgIpc) is 2.92. The number of rotatable bonds is 5. The summed E-state index contributed by atoms with van der Waals surface area (Å²) < 4.78 is 10.0. The van der Waals surface area contributed by atoms with Crippen molar-refractivity contribution in [3.8, 4) is 0 Å². The number of hydrogen-bond donors (Lipinski definition) is 2. The number of aliphatic hydroxyl groups excluding tert-OH is 1. The first-order valence-electron chi connectivity index (χ1n) is 5.83. The van der Waals surface area contributed by atoms with E-state index in [1.165, 1.54) is 7.11 Å². The molecule has 0 amide bonds. The van der Waals surface area contributed by atoms with Crippen LogP contribution in [0.1, 0.15) is 21.9 Å². The molecule has 1 aromatic heterocycles. The molecule has 2 rings (SSSR count). The van der Waals surface area contributed by atoms with Crippen molar-refractivity contribution in [3.05, 3.63) is 53.5 Å². The molecule has 0 radical (unpaired) electrons. The van der Waals surface area contributed by atoms with Crippen LogP contribution in [0.3, 0.4) is 0 Å². The number of carbonyl (C=O) groups is 1. The molecule has 0 aliphatic rings. The van der Waals surface area contributed by atoms with E-state index in [0.717, 1.165) is 5.69 Å². The third-order valence-electron chi connectivity index (χ3n) is 2.62. The van der Waals surface area contributed by atoms with E-state index in [9.17, 15) is 4.79 Å². The lowest BCUT2D eigenvalue weighted by atomic mass is 10.2. The molecule has 0 fully saturated rings. The van der Waals surface area contributed by atoms with Gasteiger partial charge in [0.25, 0.3) is 0 Å². The minimum absolute atomic E-state index is 0.113. The van der Waals surface area contributed by atoms with Gasteiger partial charge in [-0.3, -0.25) is 0 Å². The lowest BCUT2D eigenvalue weighted by Crippen LogP contribution is -2.03. The van der Waals surface area contributed by atoms with Crippen molar-refractivity contribution in [3.63, 3.8) is 0 Å². The summed E-state index contributed by atoms with van der Waals surface area (Å²) in [6.45, 7) is 0.364. The first-order valence-corrected chi connectivity index (χ1v) is 5.83. The van der Waals surface area contributed by atoms with Crippen LogP contribution in [0.25, 0.3) is 0 Å².